The van der Waals surface area contributed by atoms with Crippen LogP contribution in [-0.4, -0.2) is 10.1 Å². The largest absolute Gasteiger partial charge is 0.508 e. The van der Waals surface area contributed by atoms with Crippen LogP contribution in [0.2, 0.25) is 0 Å². The number of benzene rings is 1. The summed E-state index contributed by atoms with van der Waals surface area (Å²) >= 11 is 1.59. The molecule has 22 heavy (non-hydrogen) atoms. The molecule has 2 heterocycles. The third kappa shape index (κ3) is 2.56. The summed E-state index contributed by atoms with van der Waals surface area (Å²) in [6.07, 6.45) is 0.762. The zero-order valence-corrected chi connectivity index (χ0v) is 13.3. The molecular weight excluding hydrogens is 292 g/mol. The average Bonchev–Trinajstić information content (AvgIpc) is 2.99. The van der Waals surface area contributed by atoms with Crippen LogP contribution in [0.3, 0.4) is 0 Å². The highest BCUT2D eigenvalue weighted by molar-refractivity contribution is 7.13. The second-order valence-corrected chi connectivity index (χ2v) is 6.64. The van der Waals surface area contributed by atoms with Crippen molar-refractivity contribution in [2.75, 3.05) is 0 Å². The van der Waals surface area contributed by atoms with Crippen LogP contribution in [0.4, 0.5) is 0 Å². The normalized spacial score (nSPS) is 11.0. The van der Waals surface area contributed by atoms with Crippen LogP contribution in [0.5, 0.6) is 5.75 Å². The number of nitriles is 1. The van der Waals surface area contributed by atoms with E-state index in [4.69, 9.17) is 0 Å². The monoisotopic (exact) mass is 308 g/mol. The minimum absolute atomic E-state index is 0.188. The molecule has 3 aromatic rings. The van der Waals surface area contributed by atoms with E-state index in [0.29, 0.717) is 11.5 Å². The van der Waals surface area contributed by atoms with E-state index in [0.717, 1.165) is 33.5 Å². The summed E-state index contributed by atoms with van der Waals surface area (Å²) in [5.41, 5.74) is 3.15. The van der Waals surface area contributed by atoms with Crippen LogP contribution in [0.1, 0.15) is 25.1 Å². The molecule has 4 heteroatoms. The van der Waals surface area contributed by atoms with Gasteiger partial charge in [0.05, 0.1) is 16.8 Å². The quantitative estimate of drug-likeness (QED) is 0.760. The highest BCUT2D eigenvalue weighted by Crippen LogP contribution is 2.37. The van der Waals surface area contributed by atoms with Crippen molar-refractivity contribution in [2.24, 2.45) is 5.92 Å². The summed E-state index contributed by atoms with van der Waals surface area (Å²) in [5, 5.41) is 22.3. The molecule has 0 radical (unpaired) electrons. The van der Waals surface area contributed by atoms with Gasteiger partial charge in [-0.15, -0.1) is 11.3 Å². The summed E-state index contributed by atoms with van der Waals surface area (Å²) in [5.74, 6) is 0.609. The molecule has 0 saturated carbocycles. The highest BCUT2D eigenvalue weighted by Gasteiger charge is 2.18. The second kappa shape index (κ2) is 5.78. The number of thiophene rings is 1. The summed E-state index contributed by atoms with van der Waals surface area (Å²) in [7, 11) is 0. The first-order chi connectivity index (χ1) is 10.6. The first-order valence-corrected chi connectivity index (χ1v) is 8.07. The van der Waals surface area contributed by atoms with Gasteiger partial charge in [-0.05, 0) is 42.0 Å². The van der Waals surface area contributed by atoms with Crippen molar-refractivity contribution in [3.63, 3.8) is 0 Å². The Morgan fingerprint density at radius 3 is 2.77 bits per heavy atom. The summed E-state index contributed by atoms with van der Waals surface area (Å²) in [6.45, 7) is 4.24. The molecule has 2 aromatic heterocycles. The van der Waals surface area contributed by atoms with Crippen LogP contribution in [0, 0.1) is 17.2 Å². The van der Waals surface area contributed by atoms with Gasteiger partial charge in [-0.25, -0.2) is 0 Å². The first kappa shape index (κ1) is 14.6. The standard InChI is InChI=1S/C18H16N2OS/c1-11(2)8-16-14(10-19)18(17-4-3-7-22-17)13-9-12(21)5-6-15(13)20-16/h3-7,9,11,21H,8H2,1-2H3. The third-order valence-electron chi connectivity index (χ3n) is 3.52. The van der Waals surface area contributed by atoms with Gasteiger partial charge in [0.15, 0.2) is 0 Å². The van der Waals surface area contributed by atoms with Gasteiger partial charge in [0.1, 0.15) is 11.8 Å². The average molecular weight is 308 g/mol. The molecule has 1 N–H and O–H groups in total. The van der Waals surface area contributed by atoms with Gasteiger partial charge < -0.3 is 5.11 Å². The van der Waals surface area contributed by atoms with E-state index in [9.17, 15) is 10.4 Å². The summed E-state index contributed by atoms with van der Waals surface area (Å²) in [4.78, 5) is 5.70. The molecule has 0 bridgehead atoms. The fourth-order valence-electron chi connectivity index (χ4n) is 2.63. The highest BCUT2D eigenvalue weighted by atomic mass is 32.1. The Hall–Kier alpha value is -2.38. The van der Waals surface area contributed by atoms with E-state index in [2.05, 4.69) is 24.9 Å². The molecule has 0 amide bonds. The lowest BCUT2D eigenvalue weighted by atomic mass is 9.95. The van der Waals surface area contributed by atoms with Gasteiger partial charge >= 0.3 is 0 Å². The molecule has 3 nitrogen and oxygen atoms in total. The van der Waals surface area contributed by atoms with E-state index >= 15 is 0 Å². The first-order valence-electron chi connectivity index (χ1n) is 7.19. The van der Waals surface area contributed by atoms with Crippen LogP contribution < -0.4 is 0 Å². The topological polar surface area (TPSA) is 56.9 Å². The zero-order chi connectivity index (χ0) is 15.7. The lowest BCUT2D eigenvalue weighted by Crippen LogP contribution is -2.03. The number of nitrogens with zero attached hydrogens (tertiary/aromatic N) is 2. The Labute approximate surface area is 133 Å². The van der Waals surface area contributed by atoms with Crippen LogP contribution in [0.15, 0.2) is 35.7 Å². The van der Waals surface area contributed by atoms with Gasteiger partial charge in [-0.2, -0.15) is 5.26 Å². The zero-order valence-electron chi connectivity index (χ0n) is 12.5. The van der Waals surface area contributed by atoms with E-state index in [-0.39, 0.29) is 5.75 Å². The van der Waals surface area contributed by atoms with Gasteiger partial charge in [0.25, 0.3) is 0 Å². The van der Waals surface area contributed by atoms with Crippen LogP contribution in [-0.2, 0) is 6.42 Å². The van der Waals surface area contributed by atoms with Crippen LogP contribution in [0.25, 0.3) is 21.3 Å². The molecule has 0 atom stereocenters. The van der Waals surface area contributed by atoms with Crippen molar-refractivity contribution in [3.05, 3.63) is 47.0 Å². The number of pyridine rings is 1. The van der Waals surface area contributed by atoms with Crippen molar-refractivity contribution < 1.29 is 5.11 Å². The third-order valence-corrected chi connectivity index (χ3v) is 4.41. The fraction of sp³-hybridized carbons (Fsp3) is 0.222. The van der Waals surface area contributed by atoms with Gasteiger partial charge in [0.2, 0.25) is 0 Å². The minimum Gasteiger partial charge on any atom is -0.508 e. The predicted octanol–water partition coefficient (Wildman–Crippen LogP) is 4.74. The molecule has 110 valence electrons. The van der Waals surface area contributed by atoms with E-state index in [1.165, 1.54) is 0 Å². The molecule has 0 spiro atoms. The molecule has 0 saturated heterocycles. The number of aromatic nitrogens is 1. The maximum atomic E-state index is 9.82. The van der Waals surface area contributed by atoms with Crippen LogP contribution >= 0.6 is 11.3 Å². The Kier molecular flexibility index (Phi) is 3.82. The Morgan fingerprint density at radius 1 is 1.32 bits per heavy atom. The summed E-state index contributed by atoms with van der Waals surface area (Å²) < 4.78 is 0. The number of fused-ring (bicyclic) bond motifs is 1. The van der Waals surface area contributed by atoms with Gasteiger partial charge in [0, 0.05) is 15.8 Å². The SMILES string of the molecule is CC(C)Cc1nc2ccc(O)cc2c(-c2cccs2)c1C#N. The maximum Gasteiger partial charge on any atom is 0.116 e. The molecule has 1 aromatic carbocycles. The van der Waals surface area contributed by atoms with Crippen molar-refractivity contribution in [2.45, 2.75) is 20.3 Å². The Balaban J connectivity index is 2.40. The molecule has 3 rings (SSSR count). The van der Waals surface area contributed by atoms with E-state index in [1.807, 2.05) is 23.6 Å². The molecular formula is C18H16N2OS. The predicted molar refractivity (Wildman–Crippen MR) is 90.0 cm³/mol. The number of phenols is 1. The van der Waals surface area contributed by atoms with E-state index < -0.39 is 0 Å². The van der Waals surface area contributed by atoms with Crippen molar-refractivity contribution in [1.82, 2.24) is 4.98 Å². The number of aromatic hydroxyl groups is 1. The number of rotatable bonds is 3. The number of hydrogen-bond donors (Lipinski definition) is 1. The molecule has 0 aliphatic heterocycles. The second-order valence-electron chi connectivity index (χ2n) is 5.70. The molecule has 0 unspecified atom stereocenters. The number of phenolic OH excluding ortho intramolecular Hbond substituents is 1. The van der Waals surface area contributed by atoms with Crippen molar-refractivity contribution in [3.8, 4) is 22.3 Å². The van der Waals surface area contributed by atoms with E-state index in [1.54, 1.807) is 23.5 Å². The minimum atomic E-state index is 0.188. The Bertz CT molecular complexity index is 861. The molecule has 0 fully saturated rings. The lowest BCUT2D eigenvalue weighted by molar-refractivity contribution is 0.476. The molecule has 0 aliphatic rings. The van der Waals surface area contributed by atoms with Gasteiger partial charge in [-0.1, -0.05) is 19.9 Å². The number of hydrogen-bond acceptors (Lipinski definition) is 4. The van der Waals surface area contributed by atoms with Gasteiger partial charge in [-0.3, -0.25) is 4.98 Å². The van der Waals surface area contributed by atoms with Crippen molar-refractivity contribution >= 4 is 22.2 Å². The fourth-order valence-corrected chi connectivity index (χ4v) is 3.42. The maximum absolute atomic E-state index is 9.82. The van der Waals surface area contributed by atoms with Crippen molar-refractivity contribution in [1.29, 1.82) is 5.26 Å². The smallest absolute Gasteiger partial charge is 0.116 e. The summed E-state index contributed by atoms with van der Waals surface area (Å²) in [6, 6.07) is 11.4. The Morgan fingerprint density at radius 2 is 2.14 bits per heavy atom. The lowest BCUT2D eigenvalue weighted by Gasteiger charge is -2.13. The molecule has 0 aliphatic carbocycles.